The summed E-state index contributed by atoms with van der Waals surface area (Å²) in [4.78, 5) is 11.3. The smallest absolute Gasteiger partial charge is 0.319 e. The Morgan fingerprint density at radius 1 is 1.53 bits per heavy atom. The van der Waals surface area contributed by atoms with Gasteiger partial charge < -0.3 is 9.84 Å². The molecule has 17 heavy (non-hydrogen) atoms. The first kappa shape index (κ1) is 12.1. The molecule has 0 bridgehead atoms. The lowest BCUT2D eigenvalue weighted by Gasteiger charge is -2.17. The lowest BCUT2D eigenvalue weighted by atomic mass is 10.1. The third-order valence-electron chi connectivity index (χ3n) is 2.98. The molecule has 0 aromatic heterocycles. The van der Waals surface area contributed by atoms with E-state index in [0.717, 1.165) is 11.1 Å². The van der Waals surface area contributed by atoms with Gasteiger partial charge >= 0.3 is 5.97 Å². The van der Waals surface area contributed by atoms with Crippen molar-refractivity contribution in [3.63, 3.8) is 0 Å². The molecule has 2 N–H and O–H groups in total. The Labute approximate surface area is 101 Å². The number of ether oxygens (including phenoxy) is 1. The van der Waals surface area contributed by atoms with E-state index in [1.165, 1.54) is 0 Å². The molecular formula is C13H17NO3. The lowest BCUT2D eigenvalue weighted by Crippen LogP contribution is -2.33. The molecule has 4 heteroatoms. The van der Waals surface area contributed by atoms with Crippen molar-refractivity contribution < 1.29 is 14.6 Å². The monoisotopic (exact) mass is 235 g/mol. The van der Waals surface area contributed by atoms with Gasteiger partial charge in [-0.1, -0.05) is 24.3 Å². The molecule has 4 nitrogen and oxygen atoms in total. The number of esters is 1. The Morgan fingerprint density at radius 3 is 3.06 bits per heavy atom. The molecule has 1 aliphatic rings. The van der Waals surface area contributed by atoms with Gasteiger partial charge in [0.1, 0.15) is 0 Å². The summed E-state index contributed by atoms with van der Waals surface area (Å²) in [6.07, 6.45) is 0.165. The van der Waals surface area contributed by atoms with Gasteiger partial charge in [-0.15, -0.1) is 0 Å². The minimum atomic E-state index is -0.471. The third kappa shape index (κ3) is 2.65. The number of aliphatic hydroxyl groups is 1. The SMILES string of the molecule is CCOC(=O)CN[C@@H]1c2ccccc2C[C@H]1O. The number of carbonyl (C=O) groups excluding carboxylic acids is 1. The summed E-state index contributed by atoms with van der Waals surface area (Å²) in [5.74, 6) is -0.288. The average molecular weight is 235 g/mol. The van der Waals surface area contributed by atoms with Crippen LogP contribution in [0.1, 0.15) is 24.1 Å². The highest BCUT2D eigenvalue weighted by atomic mass is 16.5. The number of hydrogen-bond donors (Lipinski definition) is 2. The molecule has 0 amide bonds. The molecule has 0 radical (unpaired) electrons. The summed E-state index contributed by atoms with van der Waals surface area (Å²) in [7, 11) is 0. The van der Waals surface area contributed by atoms with Crippen LogP contribution in [0, 0.1) is 0 Å². The Bertz CT molecular complexity index is 405. The van der Waals surface area contributed by atoms with Crippen LogP contribution in [0.25, 0.3) is 0 Å². The molecule has 1 aromatic carbocycles. The zero-order valence-electron chi connectivity index (χ0n) is 9.85. The van der Waals surface area contributed by atoms with Crippen molar-refractivity contribution in [2.24, 2.45) is 0 Å². The first-order chi connectivity index (χ1) is 8.22. The zero-order chi connectivity index (χ0) is 12.3. The van der Waals surface area contributed by atoms with Crippen LogP contribution in [0.4, 0.5) is 0 Å². The fourth-order valence-corrected chi connectivity index (χ4v) is 2.23. The van der Waals surface area contributed by atoms with Crippen LogP contribution in [-0.4, -0.2) is 30.3 Å². The highest BCUT2D eigenvalue weighted by molar-refractivity contribution is 5.71. The van der Waals surface area contributed by atoms with E-state index in [0.29, 0.717) is 13.0 Å². The molecule has 0 unspecified atom stereocenters. The minimum absolute atomic E-state index is 0.129. The molecule has 0 saturated heterocycles. The zero-order valence-corrected chi connectivity index (χ0v) is 9.85. The number of aliphatic hydroxyl groups excluding tert-OH is 1. The second-order valence-corrected chi connectivity index (χ2v) is 4.13. The molecule has 1 aliphatic carbocycles. The topological polar surface area (TPSA) is 58.6 Å². The Morgan fingerprint density at radius 2 is 2.29 bits per heavy atom. The molecule has 0 fully saturated rings. The predicted molar refractivity (Wildman–Crippen MR) is 63.5 cm³/mol. The van der Waals surface area contributed by atoms with Crippen LogP contribution in [0.2, 0.25) is 0 Å². The van der Waals surface area contributed by atoms with E-state index < -0.39 is 6.10 Å². The van der Waals surface area contributed by atoms with Crippen molar-refractivity contribution in [3.05, 3.63) is 35.4 Å². The van der Waals surface area contributed by atoms with E-state index in [1.54, 1.807) is 6.92 Å². The second-order valence-electron chi connectivity index (χ2n) is 4.13. The summed E-state index contributed by atoms with van der Waals surface area (Å²) in [5.41, 5.74) is 2.21. The molecule has 2 atom stereocenters. The summed E-state index contributed by atoms with van der Waals surface area (Å²) >= 11 is 0. The number of benzene rings is 1. The quantitative estimate of drug-likeness (QED) is 0.758. The van der Waals surface area contributed by atoms with Gasteiger partial charge in [-0.3, -0.25) is 10.1 Å². The van der Waals surface area contributed by atoms with Gasteiger partial charge in [0.05, 0.1) is 25.3 Å². The standard InChI is InChI=1S/C13H17NO3/c1-2-17-12(16)8-14-13-10-6-4-3-5-9(10)7-11(13)15/h3-6,11,13-15H,2,7-8H2,1H3/t11-,13-/m1/s1. The maximum atomic E-state index is 11.3. The molecule has 0 saturated carbocycles. The molecule has 92 valence electrons. The lowest BCUT2D eigenvalue weighted by molar-refractivity contribution is -0.142. The summed E-state index contributed by atoms with van der Waals surface area (Å²) in [6.45, 7) is 2.28. The molecule has 1 aromatic rings. The second kappa shape index (κ2) is 5.29. The predicted octanol–water partition coefficient (Wildman–Crippen LogP) is 0.797. The van der Waals surface area contributed by atoms with Gasteiger partial charge in [-0.2, -0.15) is 0 Å². The maximum Gasteiger partial charge on any atom is 0.319 e. The van der Waals surface area contributed by atoms with Gasteiger partial charge in [0.15, 0.2) is 0 Å². The van der Waals surface area contributed by atoms with Crippen LogP contribution in [0.5, 0.6) is 0 Å². The summed E-state index contributed by atoms with van der Waals surface area (Å²) in [6, 6.07) is 7.71. The summed E-state index contributed by atoms with van der Waals surface area (Å²) < 4.78 is 4.84. The van der Waals surface area contributed by atoms with E-state index in [-0.39, 0.29) is 18.6 Å². The van der Waals surface area contributed by atoms with Crippen molar-refractivity contribution in [2.75, 3.05) is 13.2 Å². The number of rotatable bonds is 4. The number of nitrogens with one attached hydrogen (secondary N) is 1. The van der Waals surface area contributed by atoms with Crippen LogP contribution >= 0.6 is 0 Å². The normalized spacial score (nSPS) is 22.2. The Kier molecular flexibility index (Phi) is 3.76. The molecule has 0 spiro atoms. The first-order valence-corrected chi connectivity index (χ1v) is 5.87. The van der Waals surface area contributed by atoms with Crippen LogP contribution in [0.15, 0.2) is 24.3 Å². The Hall–Kier alpha value is -1.39. The third-order valence-corrected chi connectivity index (χ3v) is 2.98. The van der Waals surface area contributed by atoms with Crippen molar-refractivity contribution in [1.29, 1.82) is 0 Å². The average Bonchev–Trinajstić information content (AvgIpc) is 2.62. The van der Waals surface area contributed by atoms with Crippen molar-refractivity contribution >= 4 is 5.97 Å². The highest BCUT2D eigenvalue weighted by Crippen LogP contribution is 2.30. The Balaban J connectivity index is 1.99. The van der Waals surface area contributed by atoms with E-state index in [9.17, 15) is 9.90 Å². The summed E-state index contributed by atoms with van der Waals surface area (Å²) in [5, 5.41) is 13.0. The van der Waals surface area contributed by atoms with E-state index >= 15 is 0 Å². The number of hydrogen-bond acceptors (Lipinski definition) is 4. The maximum absolute atomic E-state index is 11.3. The van der Waals surface area contributed by atoms with E-state index in [1.807, 2.05) is 24.3 Å². The van der Waals surface area contributed by atoms with Crippen LogP contribution in [-0.2, 0) is 16.0 Å². The van der Waals surface area contributed by atoms with Gasteiger partial charge in [-0.05, 0) is 18.1 Å². The fraction of sp³-hybridized carbons (Fsp3) is 0.462. The minimum Gasteiger partial charge on any atom is -0.465 e. The first-order valence-electron chi connectivity index (χ1n) is 5.87. The molecular weight excluding hydrogens is 218 g/mol. The van der Waals surface area contributed by atoms with Gasteiger partial charge in [0.2, 0.25) is 0 Å². The van der Waals surface area contributed by atoms with Crippen molar-refractivity contribution in [3.8, 4) is 0 Å². The van der Waals surface area contributed by atoms with Crippen LogP contribution < -0.4 is 5.32 Å². The van der Waals surface area contributed by atoms with Crippen LogP contribution in [0.3, 0.4) is 0 Å². The fourth-order valence-electron chi connectivity index (χ4n) is 2.23. The van der Waals surface area contributed by atoms with Crippen molar-refractivity contribution in [2.45, 2.75) is 25.5 Å². The van der Waals surface area contributed by atoms with Gasteiger partial charge in [0, 0.05) is 6.42 Å². The largest absolute Gasteiger partial charge is 0.465 e. The van der Waals surface area contributed by atoms with E-state index in [2.05, 4.69) is 5.32 Å². The molecule has 2 rings (SSSR count). The van der Waals surface area contributed by atoms with Gasteiger partial charge in [-0.25, -0.2) is 0 Å². The van der Waals surface area contributed by atoms with Crippen molar-refractivity contribution in [1.82, 2.24) is 5.32 Å². The molecule has 0 heterocycles. The molecule has 0 aliphatic heterocycles. The van der Waals surface area contributed by atoms with Gasteiger partial charge in [0.25, 0.3) is 0 Å². The highest BCUT2D eigenvalue weighted by Gasteiger charge is 2.30. The number of carbonyl (C=O) groups is 1. The number of fused-ring (bicyclic) bond motifs is 1. The van der Waals surface area contributed by atoms with E-state index in [4.69, 9.17) is 4.74 Å².